The molecular formula is C39H30Cl2Zr-2. The molecule has 0 radical (unpaired) electrons. The van der Waals surface area contributed by atoms with E-state index in [1.165, 1.54) is 68.2 Å². The van der Waals surface area contributed by atoms with Gasteiger partial charge in [0.15, 0.2) is 0 Å². The number of benzene rings is 5. The molecule has 0 nitrogen and oxygen atoms in total. The Morgan fingerprint density at radius 2 is 1.33 bits per heavy atom. The Kier molecular flexibility index (Phi) is 10.8. The van der Waals surface area contributed by atoms with Gasteiger partial charge in [0.25, 0.3) is 0 Å². The summed E-state index contributed by atoms with van der Waals surface area (Å²) >= 11 is 1.55. The number of hydrogen-bond donors (Lipinski definition) is 0. The first-order valence-electron chi connectivity index (χ1n) is 13.8. The van der Waals surface area contributed by atoms with Gasteiger partial charge in [-0.3, -0.25) is 0 Å². The molecule has 0 fully saturated rings. The van der Waals surface area contributed by atoms with Crippen LogP contribution in [0.1, 0.15) is 25.0 Å². The van der Waals surface area contributed by atoms with E-state index in [1.807, 2.05) is 6.08 Å². The largest absolute Gasteiger partial charge is 1.00 e. The van der Waals surface area contributed by atoms with Crippen molar-refractivity contribution in [1.29, 1.82) is 0 Å². The third-order valence-corrected chi connectivity index (χ3v) is 7.32. The van der Waals surface area contributed by atoms with Gasteiger partial charge in [-0.05, 0) is 22.6 Å². The molecule has 0 atom stereocenters. The van der Waals surface area contributed by atoms with Gasteiger partial charge in [0.05, 0.1) is 0 Å². The van der Waals surface area contributed by atoms with Crippen LogP contribution in [-0.4, -0.2) is 3.21 Å². The number of rotatable bonds is 1. The van der Waals surface area contributed by atoms with Crippen molar-refractivity contribution in [2.45, 2.75) is 20.3 Å². The second-order valence-corrected chi connectivity index (χ2v) is 12.9. The van der Waals surface area contributed by atoms with Crippen LogP contribution in [0.15, 0.2) is 121 Å². The Hall–Kier alpha value is -3.22. The zero-order valence-electron chi connectivity index (χ0n) is 23.7. The van der Waals surface area contributed by atoms with Crippen LogP contribution in [0.3, 0.4) is 0 Å². The smallest absolute Gasteiger partial charge is 0.0253 e. The first-order chi connectivity index (χ1) is 19.6. The van der Waals surface area contributed by atoms with E-state index < -0.39 is 0 Å². The fraction of sp³-hybridized carbons (Fsp3) is 0.0769. The molecule has 0 unspecified atom stereocenters. The third-order valence-electron chi connectivity index (χ3n) is 7.32. The molecule has 42 heavy (non-hydrogen) atoms. The molecule has 2 aliphatic carbocycles. The van der Waals surface area contributed by atoms with Crippen molar-refractivity contribution < 1.29 is 49.0 Å². The van der Waals surface area contributed by atoms with Crippen molar-refractivity contribution >= 4 is 47.7 Å². The average molecular weight is 661 g/mol. The SMILES string of the molecule is C[C](C)=[Zr+2].[C-]1=CC=c2c1c1c(c3ccccc23)=CC=CC1.[Cl-].[Cl-].c1ccc2[cH-]c(-c3cccc4ccccc34)cc2c1. The van der Waals surface area contributed by atoms with Gasteiger partial charge in [0, 0.05) is 0 Å². The van der Waals surface area contributed by atoms with E-state index in [1.54, 1.807) is 24.2 Å². The Bertz CT molecular complexity index is 2030. The van der Waals surface area contributed by atoms with Crippen molar-refractivity contribution in [1.82, 2.24) is 0 Å². The van der Waals surface area contributed by atoms with Crippen LogP contribution in [0.2, 0.25) is 0 Å². The summed E-state index contributed by atoms with van der Waals surface area (Å²) in [4.78, 5) is 0. The Balaban J connectivity index is 0.000000165. The van der Waals surface area contributed by atoms with Crippen LogP contribution in [0.4, 0.5) is 0 Å². The maximum absolute atomic E-state index is 3.39. The van der Waals surface area contributed by atoms with Gasteiger partial charge in [0.1, 0.15) is 0 Å². The molecule has 0 amide bonds. The number of halogens is 2. The molecule has 0 saturated heterocycles. The zero-order valence-corrected chi connectivity index (χ0v) is 27.6. The van der Waals surface area contributed by atoms with Crippen LogP contribution < -0.4 is 35.3 Å². The summed E-state index contributed by atoms with van der Waals surface area (Å²) in [5.74, 6) is 0. The predicted molar refractivity (Wildman–Crippen MR) is 171 cm³/mol. The summed E-state index contributed by atoms with van der Waals surface area (Å²) in [5, 5.41) is 10.6. The maximum atomic E-state index is 3.39. The second-order valence-electron chi connectivity index (χ2n) is 10.4. The summed E-state index contributed by atoms with van der Waals surface area (Å²) in [7, 11) is 0. The molecular weight excluding hydrogens is 631 g/mol. The molecule has 6 aromatic carbocycles. The zero-order chi connectivity index (χ0) is 27.5. The van der Waals surface area contributed by atoms with Gasteiger partial charge in [-0.2, -0.15) is 12.2 Å². The Morgan fingerprint density at radius 3 is 2.07 bits per heavy atom. The van der Waals surface area contributed by atoms with E-state index >= 15 is 0 Å². The van der Waals surface area contributed by atoms with Crippen molar-refractivity contribution in [3.05, 3.63) is 149 Å². The van der Waals surface area contributed by atoms with Crippen LogP contribution in [-0.2, 0) is 30.7 Å². The maximum Gasteiger partial charge on any atom is -0.0253 e. The average Bonchev–Trinajstić information content (AvgIpc) is 3.65. The molecule has 0 N–H and O–H groups in total. The molecule has 0 aromatic heterocycles. The molecule has 0 bridgehead atoms. The number of allylic oxidation sites excluding steroid dienone is 3. The van der Waals surface area contributed by atoms with E-state index in [9.17, 15) is 0 Å². The van der Waals surface area contributed by atoms with Crippen LogP contribution in [0.25, 0.3) is 55.6 Å². The van der Waals surface area contributed by atoms with E-state index in [0.717, 1.165) is 6.42 Å². The third kappa shape index (κ3) is 6.55. The van der Waals surface area contributed by atoms with Gasteiger partial charge >= 0.3 is 41.3 Å². The van der Waals surface area contributed by atoms with E-state index in [4.69, 9.17) is 0 Å². The summed E-state index contributed by atoms with van der Waals surface area (Å²) < 4.78 is 1.51. The Labute approximate surface area is 275 Å². The fourth-order valence-corrected chi connectivity index (χ4v) is 5.63. The monoisotopic (exact) mass is 658 g/mol. The van der Waals surface area contributed by atoms with Crippen molar-refractivity contribution in [3.8, 4) is 11.1 Å². The van der Waals surface area contributed by atoms with Crippen molar-refractivity contribution in [3.63, 3.8) is 0 Å². The first-order valence-corrected chi connectivity index (χ1v) is 15.0. The van der Waals surface area contributed by atoms with Gasteiger partial charge in [-0.15, -0.1) is 57.0 Å². The Morgan fingerprint density at radius 1 is 0.714 bits per heavy atom. The normalized spacial score (nSPS) is 11.9. The number of hydrogen-bond acceptors (Lipinski definition) is 0. The molecule has 8 rings (SSSR count). The topological polar surface area (TPSA) is 0 Å². The van der Waals surface area contributed by atoms with Gasteiger partial charge in [-0.1, -0.05) is 119 Å². The van der Waals surface area contributed by atoms with Crippen molar-refractivity contribution in [2.24, 2.45) is 0 Å². The molecule has 6 aromatic rings. The van der Waals surface area contributed by atoms with E-state index in [-0.39, 0.29) is 24.8 Å². The van der Waals surface area contributed by atoms with Gasteiger partial charge < -0.3 is 24.8 Å². The van der Waals surface area contributed by atoms with Crippen LogP contribution in [0.5, 0.6) is 0 Å². The molecule has 2 aliphatic rings. The number of fused-ring (bicyclic) bond motifs is 8. The second kappa shape index (κ2) is 14.3. The standard InChI is InChI=1S/C19H13.C17H11.C3H6.2ClH.Zr/c1-2-8-16-13-17(12-15(16)7-1)19-11-5-9-14-6-3-4-10-18(14)19;1-3-8-14-12(6-1)13-7-2-4-9-15(13)17-11-5-10-16(14)17;1-3-2;;;/h1-13H;1-8,10H,9H2;1-2H3;2*1H;/q2*-1;;;;+2/p-2. The molecule has 0 spiro atoms. The van der Waals surface area contributed by atoms with Gasteiger partial charge in [-0.25, -0.2) is 0 Å². The van der Waals surface area contributed by atoms with Crippen LogP contribution in [0, 0.1) is 6.08 Å². The molecule has 3 heteroatoms. The van der Waals surface area contributed by atoms with E-state index in [0.29, 0.717) is 0 Å². The van der Waals surface area contributed by atoms with Crippen molar-refractivity contribution in [2.75, 3.05) is 0 Å². The summed E-state index contributed by atoms with van der Waals surface area (Å²) in [6, 6.07) is 36.8. The van der Waals surface area contributed by atoms with E-state index in [2.05, 4.69) is 147 Å². The summed E-state index contributed by atoms with van der Waals surface area (Å²) in [6.07, 6.45) is 15.2. The molecule has 0 saturated carbocycles. The predicted octanol–water partition coefficient (Wildman–Crippen LogP) is 2.37. The molecule has 206 valence electrons. The van der Waals surface area contributed by atoms with Crippen LogP contribution >= 0.6 is 0 Å². The minimum absolute atomic E-state index is 0. The van der Waals surface area contributed by atoms with Gasteiger partial charge in [0.2, 0.25) is 0 Å². The summed E-state index contributed by atoms with van der Waals surface area (Å²) in [6.45, 7) is 4.25. The minimum Gasteiger partial charge on any atom is -1.00 e. The first kappa shape index (κ1) is 31.7. The molecule has 0 heterocycles. The minimum atomic E-state index is 0. The quantitative estimate of drug-likeness (QED) is 0.238. The molecule has 0 aliphatic heterocycles. The summed E-state index contributed by atoms with van der Waals surface area (Å²) in [5.41, 5.74) is 5.33. The fourth-order valence-electron chi connectivity index (χ4n) is 5.63.